The van der Waals surface area contributed by atoms with Gasteiger partial charge in [-0.3, -0.25) is 19.7 Å². The molecule has 1 saturated heterocycles. The average Bonchev–Trinajstić information content (AvgIpc) is 3.36. The van der Waals surface area contributed by atoms with Crippen molar-refractivity contribution in [3.63, 3.8) is 0 Å². The summed E-state index contributed by atoms with van der Waals surface area (Å²) in [6.07, 6.45) is 1.56. The monoisotopic (exact) mass is 448 g/mol. The van der Waals surface area contributed by atoms with Crippen LogP contribution in [0, 0.1) is 10.1 Å². The van der Waals surface area contributed by atoms with Crippen molar-refractivity contribution in [1.29, 1.82) is 0 Å². The fourth-order valence-electron chi connectivity index (χ4n) is 2.97. The number of furan rings is 1. The van der Waals surface area contributed by atoms with E-state index in [1.807, 2.05) is 0 Å². The molecule has 0 radical (unpaired) electrons. The van der Waals surface area contributed by atoms with Gasteiger partial charge >= 0.3 is 0 Å². The predicted molar refractivity (Wildman–Crippen MR) is 122 cm³/mol. The summed E-state index contributed by atoms with van der Waals surface area (Å²) in [5, 5.41) is 17.0. The van der Waals surface area contributed by atoms with E-state index < -0.39 is 4.92 Å². The summed E-state index contributed by atoms with van der Waals surface area (Å²) in [4.78, 5) is 38.9. The Kier molecular flexibility index (Phi) is 5.86. The number of nitro benzene ring substituents is 1. The number of aliphatic imine (C=N–C) groups is 1. The van der Waals surface area contributed by atoms with Crippen LogP contribution >= 0.6 is 11.8 Å². The van der Waals surface area contributed by atoms with Crippen molar-refractivity contribution in [2.24, 2.45) is 4.99 Å². The number of hydrogen-bond acceptors (Lipinski definition) is 7. The maximum absolute atomic E-state index is 12.3. The zero-order valence-electron chi connectivity index (χ0n) is 16.7. The number of carbonyl (C=O) groups excluding carboxylic acids is 2. The van der Waals surface area contributed by atoms with Gasteiger partial charge in [-0.1, -0.05) is 12.1 Å². The number of nitro groups is 1. The van der Waals surface area contributed by atoms with Gasteiger partial charge in [-0.2, -0.15) is 0 Å². The van der Waals surface area contributed by atoms with Crippen molar-refractivity contribution < 1.29 is 18.9 Å². The maximum Gasteiger partial charge on any atom is 0.280 e. The summed E-state index contributed by atoms with van der Waals surface area (Å²) in [5.41, 5.74) is 1.56. The molecular weight excluding hydrogens is 432 g/mol. The molecule has 0 spiro atoms. The number of nitrogens with one attached hydrogen (secondary N) is 2. The van der Waals surface area contributed by atoms with Crippen LogP contribution in [0.4, 0.5) is 17.1 Å². The largest absolute Gasteiger partial charge is 0.456 e. The van der Waals surface area contributed by atoms with Crippen molar-refractivity contribution in [2.45, 2.75) is 6.92 Å². The number of nitrogens with zero attached hydrogens (tertiary/aromatic N) is 2. The van der Waals surface area contributed by atoms with Gasteiger partial charge in [-0.15, -0.1) is 0 Å². The average molecular weight is 448 g/mol. The minimum absolute atomic E-state index is 0.0621. The molecule has 0 aliphatic carbocycles. The third kappa shape index (κ3) is 4.76. The van der Waals surface area contributed by atoms with E-state index >= 15 is 0 Å². The quantitative estimate of drug-likeness (QED) is 0.331. The van der Waals surface area contributed by atoms with Gasteiger partial charge in [0.15, 0.2) is 5.17 Å². The van der Waals surface area contributed by atoms with Crippen LogP contribution in [-0.4, -0.2) is 21.9 Å². The first kappa shape index (κ1) is 21.1. The number of anilines is 1. The first-order chi connectivity index (χ1) is 15.4. The van der Waals surface area contributed by atoms with E-state index in [9.17, 15) is 19.7 Å². The second kappa shape index (κ2) is 8.90. The molecule has 1 aliphatic heterocycles. The minimum Gasteiger partial charge on any atom is -0.456 e. The van der Waals surface area contributed by atoms with Gasteiger partial charge in [0.05, 0.1) is 21.1 Å². The molecule has 160 valence electrons. The number of benzene rings is 2. The van der Waals surface area contributed by atoms with Gasteiger partial charge in [-0.05, 0) is 54.2 Å². The minimum atomic E-state index is -0.471. The highest BCUT2D eigenvalue weighted by Gasteiger charge is 2.25. The molecule has 0 unspecified atom stereocenters. The molecule has 2 N–H and O–H groups in total. The number of amidine groups is 1. The number of para-hydroxylation sites is 1. The molecule has 4 rings (SSSR count). The fraction of sp³-hybridized carbons (Fsp3) is 0.0455. The summed E-state index contributed by atoms with van der Waals surface area (Å²) in [6.45, 7) is 1.43. The zero-order valence-corrected chi connectivity index (χ0v) is 17.5. The Morgan fingerprint density at radius 2 is 1.91 bits per heavy atom. The van der Waals surface area contributed by atoms with Crippen molar-refractivity contribution in [2.75, 3.05) is 5.32 Å². The lowest BCUT2D eigenvalue weighted by molar-refractivity contribution is -0.384. The molecule has 1 aromatic heterocycles. The smallest absolute Gasteiger partial charge is 0.280 e. The van der Waals surface area contributed by atoms with Crippen LogP contribution in [0.25, 0.3) is 17.4 Å². The molecule has 1 fully saturated rings. The van der Waals surface area contributed by atoms with E-state index in [1.54, 1.807) is 60.7 Å². The second-order valence-corrected chi connectivity index (χ2v) is 7.72. The first-order valence-electron chi connectivity index (χ1n) is 9.40. The van der Waals surface area contributed by atoms with Crippen LogP contribution in [0.3, 0.4) is 0 Å². The molecule has 9 nitrogen and oxygen atoms in total. The number of thioether (sulfide) groups is 1. The Labute approximate surface area is 186 Å². The van der Waals surface area contributed by atoms with Crippen LogP contribution in [0.2, 0.25) is 0 Å². The van der Waals surface area contributed by atoms with E-state index in [1.165, 1.54) is 13.0 Å². The normalized spacial score (nSPS) is 15.7. The van der Waals surface area contributed by atoms with Crippen LogP contribution in [0.15, 0.2) is 75.0 Å². The van der Waals surface area contributed by atoms with Crippen molar-refractivity contribution in [3.8, 4) is 11.3 Å². The lowest BCUT2D eigenvalue weighted by Crippen LogP contribution is -2.19. The molecule has 0 saturated carbocycles. The molecule has 2 amide bonds. The summed E-state index contributed by atoms with van der Waals surface area (Å²) >= 11 is 1.15. The molecule has 2 heterocycles. The highest BCUT2D eigenvalue weighted by atomic mass is 32.2. The topological polar surface area (TPSA) is 127 Å². The summed E-state index contributed by atoms with van der Waals surface area (Å²) in [6, 6.07) is 16.4. The van der Waals surface area contributed by atoms with Crippen LogP contribution in [0.5, 0.6) is 0 Å². The van der Waals surface area contributed by atoms with Gasteiger partial charge < -0.3 is 15.1 Å². The van der Waals surface area contributed by atoms with Crippen molar-refractivity contribution in [1.82, 2.24) is 5.32 Å². The first-order valence-corrected chi connectivity index (χ1v) is 10.2. The lowest BCUT2D eigenvalue weighted by atomic mass is 10.1. The lowest BCUT2D eigenvalue weighted by Gasteiger charge is -2.02. The zero-order chi connectivity index (χ0) is 22.7. The Balaban J connectivity index is 1.52. The van der Waals surface area contributed by atoms with Gasteiger partial charge in [0.1, 0.15) is 11.5 Å². The molecule has 0 bridgehead atoms. The molecule has 3 aromatic rings. The van der Waals surface area contributed by atoms with E-state index in [4.69, 9.17) is 4.42 Å². The van der Waals surface area contributed by atoms with E-state index in [0.29, 0.717) is 38.5 Å². The third-order valence-corrected chi connectivity index (χ3v) is 5.25. The standard InChI is InChI=1S/C22H16N4O5S/c1-13(27)23-14-6-8-15(9-7-14)24-22-25-21(28)20(32-22)12-16-10-11-19(31-16)17-4-2-3-5-18(17)26(29)30/h2-12H,1H3,(H,23,27)(H,24,25,28). The van der Waals surface area contributed by atoms with Crippen LogP contribution < -0.4 is 10.6 Å². The van der Waals surface area contributed by atoms with Crippen molar-refractivity contribution in [3.05, 3.63) is 81.4 Å². The van der Waals surface area contributed by atoms with Crippen molar-refractivity contribution >= 4 is 51.9 Å². The fourth-order valence-corrected chi connectivity index (χ4v) is 3.79. The molecule has 1 aliphatic rings. The Morgan fingerprint density at radius 1 is 1.16 bits per heavy atom. The van der Waals surface area contributed by atoms with Gasteiger partial charge in [0.25, 0.3) is 11.6 Å². The molecular formula is C22H16N4O5S. The number of rotatable bonds is 5. The van der Waals surface area contributed by atoms with Crippen LogP contribution in [-0.2, 0) is 9.59 Å². The SMILES string of the molecule is CC(=O)Nc1ccc(N=C2NC(=O)C(=Cc3ccc(-c4ccccc4[N+](=O)[O-])o3)S2)cc1. The van der Waals surface area contributed by atoms with E-state index in [-0.39, 0.29) is 17.5 Å². The number of amides is 2. The highest BCUT2D eigenvalue weighted by Crippen LogP contribution is 2.33. The maximum atomic E-state index is 12.3. The van der Waals surface area contributed by atoms with E-state index in [2.05, 4.69) is 15.6 Å². The second-order valence-electron chi connectivity index (χ2n) is 6.69. The molecule has 0 atom stereocenters. The highest BCUT2D eigenvalue weighted by molar-refractivity contribution is 8.18. The van der Waals surface area contributed by atoms with Gasteiger partial charge in [0, 0.05) is 24.8 Å². The van der Waals surface area contributed by atoms with Gasteiger partial charge in [-0.25, -0.2) is 4.99 Å². The summed E-state index contributed by atoms with van der Waals surface area (Å²) in [5.74, 6) is 0.227. The Bertz CT molecular complexity index is 1280. The number of hydrogen-bond donors (Lipinski definition) is 2. The van der Waals surface area contributed by atoms with E-state index in [0.717, 1.165) is 11.8 Å². The molecule has 10 heteroatoms. The molecule has 32 heavy (non-hydrogen) atoms. The Hall–Kier alpha value is -4.18. The molecule has 2 aromatic carbocycles. The third-order valence-electron chi connectivity index (χ3n) is 4.34. The Morgan fingerprint density at radius 3 is 2.62 bits per heavy atom. The van der Waals surface area contributed by atoms with Gasteiger partial charge in [0.2, 0.25) is 5.91 Å². The predicted octanol–water partition coefficient (Wildman–Crippen LogP) is 4.70. The summed E-state index contributed by atoms with van der Waals surface area (Å²) < 4.78 is 5.72. The summed E-state index contributed by atoms with van der Waals surface area (Å²) in [7, 11) is 0. The van der Waals surface area contributed by atoms with Crippen LogP contribution in [0.1, 0.15) is 12.7 Å². The number of carbonyl (C=O) groups is 2.